The third-order valence-electron chi connectivity index (χ3n) is 6.12. The number of likely N-dealkylation sites (N-methyl/N-ethyl adjacent to an activating group) is 1. The Kier molecular flexibility index (Phi) is 6.66. The van der Waals surface area contributed by atoms with Crippen molar-refractivity contribution in [2.24, 2.45) is 0 Å². The van der Waals surface area contributed by atoms with E-state index in [-0.39, 0.29) is 11.8 Å². The molecular weight excluding hydrogens is 432 g/mol. The maximum atomic E-state index is 13.6. The fraction of sp³-hybridized carbons (Fsp3) is 0.214. The first-order chi connectivity index (χ1) is 15.8. The van der Waals surface area contributed by atoms with Crippen molar-refractivity contribution in [3.8, 4) is 0 Å². The number of imide groups is 1. The number of hydrogen-bond acceptors (Lipinski definition) is 3. The van der Waals surface area contributed by atoms with Crippen LogP contribution in [0.1, 0.15) is 27.8 Å². The number of aryl methyl sites for hydroxylation is 2. The molecule has 1 aliphatic heterocycles. The molecular formula is C28H27ClN2O2. The Balaban J connectivity index is 1.67. The molecule has 168 valence electrons. The van der Waals surface area contributed by atoms with Crippen LogP contribution >= 0.6 is 11.6 Å². The highest BCUT2D eigenvalue weighted by atomic mass is 35.5. The van der Waals surface area contributed by atoms with Crippen LogP contribution in [0.15, 0.2) is 78.5 Å². The van der Waals surface area contributed by atoms with Crippen molar-refractivity contribution in [3.05, 3.63) is 111 Å². The van der Waals surface area contributed by atoms with Crippen LogP contribution in [0.25, 0.3) is 5.57 Å². The second-order valence-corrected chi connectivity index (χ2v) is 8.94. The van der Waals surface area contributed by atoms with Crippen molar-refractivity contribution in [1.29, 1.82) is 0 Å². The molecule has 0 N–H and O–H groups in total. The molecule has 3 aromatic rings. The van der Waals surface area contributed by atoms with Gasteiger partial charge in [0.25, 0.3) is 11.8 Å². The third-order valence-corrected chi connectivity index (χ3v) is 6.37. The van der Waals surface area contributed by atoms with Gasteiger partial charge in [0.1, 0.15) is 5.70 Å². The van der Waals surface area contributed by atoms with Crippen LogP contribution in [-0.2, 0) is 22.6 Å². The summed E-state index contributed by atoms with van der Waals surface area (Å²) < 4.78 is 0. The van der Waals surface area contributed by atoms with Gasteiger partial charge in [-0.3, -0.25) is 14.5 Å². The molecule has 4 rings (SSSR count). The molecule has 4 nitrogen and oxygen atoms in total. The monoisotopic (exact) mass is 458 g/mol. The minimum atomic E-state index is -0.249. The van der Waals surface area contributed by atoms with Crippen LogP contribution in [0.3, 0.4) is 0 Å². The lowest BCUT2D eigenvalue weighted by Gasteiger charge is -2.21. The van der Waals surface area contributed by atoms with Crippen LogP contribution in [0, 0.1) is 13.8 Å². The van der Waals surface area contributed by atoms with E-state index in [1.165, 1.54) is 4.90 Å². The molecule has 0 unspecified atom stereocenters. The molecule has 1 heterocycles. The SMILES string of the molecule is Cc1ccc(C2=C(N(C)Cc3ccccc3)C(=O)N(CCc3ccc(Cl)cc3)C2=O)cc1C. The van der Waals surface area contributed by atoms with Gasteiger partial charge in [-0.15, -0.1) is 0 Å². The molecule has 0 bridgehead atoms. The van der Waals surface area contributed by atoms with Crippen molar-refractivity contribution in [2.75, 3.05) is 13.6 Å². The Morgan fingerprint density at radius 1 is 0.818 bits per heavy atom. The van der Waals surface area contributed by atoms with E-state index in [2.05, 4.69) is 0 Å². The molecule has 0 fully saturated rings. The molecule has 0 saturated heterocycles. The van der Waals surface area contributed by atoms with E-state index in [0.717, 1.165) is 27.8 Å². The number of benzene rings is 3. The number of halogens is 1. The molecule has 0 spiro atoms. The normalized spacial score (nSPS) is 13.8. The molecule has 1 aliphatic rings. The molecule has 2 amide bonds. The summed E-state index contributed by atoms with van der Waals surface area (Å²) in [6.07, 6.45) is 0.574. The molecule has 0 radical (unpaired) electrons. The van der Waals surface area contributed by atoms with Gasteiger partial charge in [-0.2, -0.15) is 0 Å². The zero-order chi connectivity index (χ0) is 23.5. The second-order valence-electron chi connectivity index (χ2n) is 8.50. The van der Waals surface area contributed by atoms with Crippen molar-refractivity contribution in [2.45, 2.75) is 26.8 Å². The van der Waals surface area contributed by atoms with E-state index in [4.69, 9.17) is 11.6 Å². The summed E-state index contributed by atoms with van der Waals surface area (Å²) in [5.41, 5.74) is 6.03. The number of rotatable bonds is 7. The van der Waals surface area contributed by atoms with Gasteiger partial charge >= 0.3 is 0 Å². The number of carbonyl (C=O) groups excluding carboxylic acids is 2. The van der Waals surface area contributed by atoms with Crippen molar-refractivity contribution in [3.63, 3.8) is 0 Å². The summed E-state index contributed by atoms with van der Waals surface area (Å²) in [6, 6.07) is 23.4. The quantitative estimate of drug-likeness (QED) is 0.444. The van der Waals surface area contributed by atoms with Crippen LogP contribution in [0.5, 0.6) is 0 Å². The van der Waals surface area contributed by atoms with E-state index >= 15 is 0 Å². The number of amides is 2. The summed E-state index contributed by atoms with van der Waals surface area (Å²) in [6.45, 7) is 4.91. The minimum absolute atomic E-state index is 0.243. The first-order valence-corrected chi connectivity index (χ1v) is 11.4. The predicted octanol–water partition coefficient (Wildman–Crippen LogP) is 5.41. The maximum Gasteiger partial charge on any atom is 0.277 e. The molecule has 33 heavy (non-hydrogen) atoms. The van der Waals surface area contributed by atoms with Gasteiger partial charge in [0.15, 0.2) is 0 Å². The highest BCUT2D eigenvalue weighted by molar-refractivity contribution is 6.35. The first-order valence-electron chi connectivity index (χ1n) is 11.0. The molecule has 5 heteroatoms. The Labute approximate surface area is 200 Å². The Morgan fingerprint density at radius 2 is 1.52 bits per heavy atom. The average Bonchev–Trinajstić information content (AvgIpc) is 3.05. The molecule has 3 aromatic carbocycles. The Hall–Kier alpha value is -3.37. The van der Waals surface area contributed by atoms with E-state index < -0.39 is 0 Å². The fourth-order valence-corrected chi connectivity index (χ4v) is 4.23. The maximum absolute atomic E-state index is 13.6. The van der Waals surface area contributed by atoms with Crippen LogP contribution in [0.4, 0.5) is 0 Å². The zero-order valence-corrected chi connectivity index (χ0v) is 19.9. The summed E-state index contributed by atoms with van der Waals surface area (Å²) in [5.74, 6) is -0.493. The van der Waals surface area contributed by atoms with Crippen molar-refractivity contribution >= 4 is 29.0 Å². The minimum Gasteiger partial charge on any atom is -0.365 e. The highest BCUT2D eigenvalue weighted by Crippen LogP contribution is 2.33. The van der Waals surface area contributed by atoms with Gasteiger partial charge in [0.05, 0.1) is 5.57 Å². The second kappa shape index (κ2) is 9.63. The molecule has 0 saturated carbocycles. The van der Waals surface area contributed by atoms with Crippen LogP contribution in [-0.4, -0.2) is 35.2 Å². The number of carbonyl (C=O) groups is 2. The van der Waals surface area contributed by atoms with Crippen molar-refractivity contribution < 1.29 is 9.59 Å². The lowest BCUT2D eigenvalue weighted by atomic mass is 9.99. The van der Waals surface area contributed by atoms with Gasteiger partial charge in [-0.25, -0.2) is 0 Å². The standard InChI is InChI=1S/C28H27ClN2O2/c1-19-9-12-23(17-20(19)2)25-26(30(3)18-22-7-5-4-6-8-22)28(33)31(27(25)32)16-15-21-10-13-24(29)14-11-21/h4-14,17H,15-16,18H2,1-3H3. The average molecular weight is 459 g/mol. The van der Waals surface area contributed by atoms with Gasteiger partial charge < -0.3 is 4.90 Å². The highest BCUT2D eigenvalue weighted by Gasteiger charge is 2.40. The first kappa shape index (κ1) is 22.8. The van der Waals surface area contributed by atoms with E-state index in [0.29, 0.717) is 35.8 Å². The van der Waals surface area contributed by atoms with Crippen molar-refractivity contribution in [1.82, 2.24) is 9.80 Å². The van der Waals surface area contributed by atoms with Gasteiger partial charge in [-0.1, -0.05) is 72.3 Å². The van der Waals surface area contributed by atoms with E-state index in [1.54, 1.807) is 0 Å². The number of hydrogen-bond donors (Lipinski definition) is 0. The van der Waals surface area contributed by atoms with E-state index in [1.807, 2.05) is 98.6 Å². The van der Waals surface area contributed by atoms with Gasteiger partial charge in [0, 0.05) is 25.2 Å². The topological polar surface area (TPSA) is 40.6 Å². The summed E-state index contributed by atoms with van der Waals surface area (Å²) >= 11 is 5.99. The molecule has 0 aliphatic carbocycles. The predicted molar refractivity (Wildman–Crippen MR) is 133 cm³/mol. The summed E-state index contributed by atoms with van der Waals surface area (Å²) in [7, 11) is 1.87. The molecule has 0 atom stereocenters. The zero-order valence-electron chi connectivity index (χ0n) is 19.1. The van der Waals surface area contributed by atoms with Crippen LogP contribution in [0.2, 0.25) is 5.02 Å². The number of nitrogens with zero attached hydrogens (tertiary/aromatic N) is 2. The molecule has 0 aromatic heterocycles. The largest absolute Gasteiger partial charge is 0.365 e. The fourth-order valence-electron chi connectivity index (χ4n) is 4.11. The van der Waals surface area contributed by atoms with Crippen LogP contribution < -0.4 is 0 Å². The summed E-state index contributed by atoms with van der Waals surface area (Å²) in [5, 5.41) is 0.663. The third kappa shape index (κ3) is 4.86. The lowest BCUT2D eigenvalue weighted by molar-refractivity contribution is -0.137. The summed E-state index contributed by atoms with van der Waals surface area (Å²) in [4.78, 5) is 30.4. The van der Waals surface area contributed by atoms with Gasteiger partial charge in [0.2, 0.25) is 0 Å². The lowest BCUT2D eigenvalue weighted by Crippen LogP contribution is -2.35. The van der Waals surface area contributed by atoms with E-state index in [9.17, 15) is 9.59 Å². The Bertz CT molecular complexity index is 1220. The smallest absolute Gasteiger partial charge is 0.277 e. The Morgan fingerprint density at radius 3 is 2.18 bits per heavy atom. The van der Waals surface area contributed by atoms with Gasteiger partial charge in [-0.05, 0) is 60.2 Å².